The van der Waals surface area contributed by atoms with Crippen molar-refractivity contribution in [2.24, 2.45) is 13.0 Å². The molecule has 0 unspecified atom stereocenters. The molecule has 0 spiro atoms. The number of hydrogen-bond acceptors (Lipinski definition) is 6. The van der Waals surface area contributed by atoms with Crippen molar-refractivity contribution in [2.45, 2.75) is 51.5 Å². The van der Waals surface area contributed by atoms with Gasteiger partial charge >= 0.3 is 0 Å². The van der Waals surface area contributed by atoms with Gasteiger partial charge in [0.05, 0.1) is 6.61 Å². The summed E-state index contributed by atoms with van der Waals surface area (Å²) in [6.07, 6.45) is 4.63. The quantitative estimate of drug-likeness (QED) is 0.730. The van der Waals surface area contributed by atoms with E-state index in [2.05, 4.69) is 15.0 Å². The zero-order valence-electron chi connectivity index (χ0n) is 17.2. The first-order valence-corrected chi connectivity index (χ1v) is 11.1. The minimum atomic E-state index is -3.56. The highest BCUT2D eigenvalue weighted by atomic mass is 32.2. The molecule has 9 heteroatoms. The number of nitrogens with zero attached hydrogens (tertiary/aromatic N) is 5. The van der Waals surface area contributed by atoms with E-state index in [0.717, 1.165) is 29.9 Å². The second kappa shape index (κ2) is 8.16. The first kappa shape index (κ1) is 20.7. The van der Waals surface area contributed by atoms with Gasteiger partial charge in [-0.15, -0.1) is 0 Å². The fourth-order valence-corrected chi connectivity index (χ4v) is 4.88. The van der Waals surface area contributed by atoms with E-state index < -0.39 is 10.0 Å². The first-order chi connectivity index (χ1) is 13.2. The predicted molar refractivity (Wildman–Crippen MR) is 106 cm³/mol. The molecule has 0 atom stereocenters. The van der Waals surface area contributed by atoms with Gasteiger partial charge in [0.1, 0.15) is 12.2 Å². The smallest absolute Gasteiger partial charge is 0.262 e. The lowest BCUT2D eigenvalue weighted by molar-refractivity contribution is 0.180. The van der Waals surface area contributed by atoms with Crippen molar-refractivity contribution in [1.29, 1.82) is 0 Å². The van der Waals surface area contributed by atoms with Crippen LogP contribution in [-0.4, -0.2) is 51.9 Å². The second-order valence-corrected chi connectivity index (χ2v) is 9.64. The first-order valence-electron chi connectivity index (χ1n) is 9.64. The van der Waals surface area contributed by atoms with E-state index >= 15 is 0 Å². The average molecular weight is 408 g/mol. The Morgan fingerprint density at radius 3 is 2.50 bits per heavy atom. The Balaban J connectivity index is 1.60. The van der Waals surface area contributed by atoms with Crippen LogP contribution in [-0.2, 0) is 17.1 Å². The molecule has 0 saturated carbocycles. The Kier molecular flexibility index (Phi) is 6.04. The lowest BCUT2D eigenvalue weighted by Crippen LogP contribution is -2.39. The van der Waals surface area contributed by atoms with Crippen LogP contribution in [0.4, 0.5) is 0 Å². The van der Waals surface area contributed by atoms with Crippen molar-refractivity contribution in [3.63, 3.8) is 0 Å². The van der Waals surface area contributed by atoms with Crippen LogP contribution in [0.15, 0.2) is 17.6 Å². The molecule has 0 N–H and O–H groups in total. The SMILES string of the molecule is Cc1ncnc(OCC2CCN(S(=O)(=O)c3cn(C)c(C(C)C)n3)CC2)c1C. The molecule has 3 rings (SSSR count). The molecule has 1 fully saturated rings. The van der Waals surface area contributed by atoms with E-state index in [1.165, 1.54) is 10.6 Å². The summed E-state index contributed by atoms with van der Waals surface area (Å²) in [5.41, 5.74) is 1.85. The van der Waals surface area contributed by atoms with Crippen LogP contribution < -0.4 is 4.74 Å². The van der Waals surface area contributed by atoms with Crippen molar-refractivity contribution in [2.75, 3.05) is 19.7 Å². The monoisotopic (exact) mass is 407 g/mol. The number of piperidine rings is 1. The highest BCUT2D eigenvalue weighted by Gasteiger charge is 2.32. The Morgan fingerprint density at radius 2 is 1.89 bits per heavy atom. The molecule has 0 bridgehead atoms. The molecule has 3 heterocycles. The van der Waals surface area contributed by atoms with Crippen molar-refractivity contribution in [3.8, 4) is 5.88 Å². The van der Waals surface area contributed by atoms with E-state index in [4.69, 9.17) is 4.74 Å². The van der Waals surface area contributed by atoms with E-state index in [1.54, 1.807) is 10.8 Å². The minimum absolute atomic E-state index is 0.139. The molecule has 28 heavy (non-hydrogen) atoms. The van der Waals surface area contributed by atoms with Gasteiger partial charge < -0.3 is 9.30 Å². The van der Waals surface area contributed by atoms with Crippen LogP contribution in [0, 0.1) is 19.8 Å². The molecule has 0 radical (unpaired) electrons. The molecule has 0 aromatic carbocycles. The van der Waals surface area contributed by atoms with Gasteiger partial charge in [0, 0.05) is 43.5 Å². The zero-order chi connectivity index (χ0) is 20.5. The number of sulfonamides is 1. The number of rotatable bonds is 6. The van der Waals surface area contributed by atoms with Gasteiger partial charge in [-0.3, -0.25) is 0 Å². The van der Waals surface area contributed by atoms with Gasteiger partial charge in [0.2, 0.25) is 5.88 Å². The molecular formula is C19H29N5O3S. The second-order valence-electron chi connectivity index (χ2n) is 7.75. The standard InChI is InChI=1S/C19H29N5O3S/c1-13(2)18-22-17(10-23(18)5)28(25,26)24-8-6-16(7-9-24)11-27-19-14(3)15(4)20-12-21-19/h10,12-13,16H,6-9,11H2,1-5H3. The number of hydrogen-bond donors (Lipinski definition) is 0. The summed E-state index contributed by atoms with van der Waals surface area (Å²) in [5, 5.41) is 0.139. The summed E-state index contributed by atoms with van der Waals surface area (Å²) in [5.74, 6) is 1.86. The molecule has 1 aliphatic rings. The predicted octanol–water partition coefficient (Wildman–Crippen LogP) is 2.43. The fraction of sp³-hybridized carbons (Fsp3) is 0.632. The number of ether oxygens (including phenoxy) is 1. The lowest BCUT2D eigenvalue weighted by atomic mass is 9.99. The van der Waals surface area contributed by atoms with Crippen molar-refractivity contribution in [1.82, 2.24) is 23.8 Å². The van der Waals surface area contributed by atoms with Gasteiger partial charge in [-0.25, -0.2) is 23.4 Å². The molecule has 0 aliphatic carbocycles. The number of aromatic nitrogens is 4. The fourth-order valence-electron chi connectivity index (χ4n) is 3.42. The van der Waals surface area contributed by atoms with Gasteiger partial charge in [0.15, 0.2) is 5.03 Å². The van der Waals surface area contributed by atoms with E-state index in [-0.39, 0.29) is 10.9 Å². The summed E-state index contributed by atoms with van der Waals surface area (Å²) in [6.45, 7) is 9.37. The third kappa shape index (κ3) is 4.20. The molecule has 1 aliphatic heterocycles. The lowest BCUT2D eigenvalue weighted by Gasteiger charge is -2.30. The Labute approximate surface area is 167 Å². The highest BCUT2D eigenvalue weighted by molar-refractivity contribution is 7.89. The molecule has 1 saturated heterocycles. The zero-order valence-corrected chi connectivity index (χ0v) is 18.0. The molecular weight excluding hydrogens is 378 g/mol. The minimum Gasteiger partial charge on any atom is -0.477 e. The topological polar surface area (TPSA) is 90.2 Å². The van der Waals surface area contributed by atoms with Crippen LogP contribution in [0.3, 0.4) is 0 Å². The molecule has 0 amide bonds. The van der Waals surface area contributed by atoms with E-state index in [9.17, 15) is 8.42 Å². The average Bonchev–Trinajstić information content (AvgIpc) is 3.06. The Hall–Kier alpha value is -2.00. The van der Waals surface area contributed by atoms with Crippen molar-refractivity contribution < 1.29 is 13.2 Å². The van der Waals surface area contributed by atoms with Gasteiger partial charge in [-0.05, 0) is 32.6 Å². The maximum absolute atomic E-state index is 12.9. The molecule has 2 aromatic heterocycles. The Bertz CT molecular complexity index is 931. The van der Waals surface area contributed by atoms with Gasteiger partial charge in [-0.1, -0.05) is 13.8 Å². The summed E-state index contributed by atoms with van der Waals surface area (Å²) in [6, 6.07) is 0. The highest BCUT2D eigenvalue weighted by Crippen LogP contribution is 2.26. The Morgan fingerprint density at radius 1 is 1.21 bits per heavy atom. The summed E-state index contributed by atoms with van der Waals surface area (Å²) in [7, 11) is -1.73. The van der Waals surface area contributed by atoms with Crippen LogP contribution in [0.1, 0.15) is 49.7 Å². The molecule has 154 valence electrons. The maximum Gasteiger partial charge on any atom is 0.262 e. The normalized spacial score (nSPS) is 16.6. The molecule has 2 aromatic rings. The number of imidazole rings is 1. The summed E-state index contributed by atoms with van der Waals surface area (Å²) in [4.78, 5) is 12.7. The van der Waals surface area contributed by atoms with Crippen molar-refractivity contribution >= 4 is 10.0 Å². The van der Waals surface area contributed by atoms with E-state index in [1.807, 2.05) is 34.7 Å². The third-order valence-electron chi connectivity index (χ3n) is 5.33. The van der Waals surface area contributed by atoms with Crippen molar-refractivity contribution in [3.05, 3.63) is 29.6 Å². The third-order valence-corrected chi connectivity index (χ3v) is 7.10. The summed E-state index contributed by atoms with van der Waals surface area (Å²) < 4.78 is 35.1. The number of aryl methyl sites for hydroxylation is 2. The van der Waals surface area contributed by atoms with Crippen LogP contribution in [0.5, 0.6) is 5.88 Å². The largest absolute Gasteiger partial charge is 0.477 e. The van der Waals surface area contributed by atoms with Gasteiger partial charge in [-0.2, -0.15) is 4.31 Å². The van der Waals surface area contributed by atoms with Gasteiger partial charge in [0.25, 0.3) is 10.0 Å². The maximum atomic E-state index is 12.9. The van der Waals surface area contributed by atoms with Crippen LogP contribution in [0.25, 0.3) is 0 Å². The van der Waals surface area contributed by atoms with Crippen LogP contribution in [0.2, 0.25) is 0 Å². The van der Waals surface area contributed by atoms with E-state index in [0.29, 0.717) is 31.5 Å². The summed E-state index contributed by atoms with van der Waals surface area (Å²) >= 11 is 0. The molecule has 8 nitrogen and oxygen atoms in total. The van der Waals surface area contributed by atoms with Crippen LogP contribution >= 0.6 is 0 Å².